The zero-order valence-corrected chi connectivity index (χ0v) is 23.7. The molecule has 2 heterocycles. The summed E-state index contributed by atoms with van der Waals surface area (Å²) in [6.07, 6.45) is -1.74. The van der Waals surface area contributed by atoms with Crippen molar-refractivity contribution in [2.45, 2.75) is 70.7 Å². The van der Waals surface area contributed by atoms with Gasteiger partial charge in [-0.15, -0.1) is 0 Å². The number of anilines is 1. The molecule has 222 valence electrons. The highest BCUT2D eigenvalue weighted by Crippen LogP contribution is 2.47. The SMILES string of the molecule is CCCCONc1ccn([C@@H]2O[C@H](COP(=O)(N[C@@H](C)C(=O)OCC)Oc3ccccc3)C(O)[C@@]2(C)F)c(=O)n1. The quantitative estimate of drug-likeness (QED) is 0.121. The van der Waals surface area contributed by atoms with Gasteiger partial charge in [-0.25, -0.2) is 19.2 Å². The average molecular weight is 587 g/mol. The first-order valence-electron chi connectivity index (χ1n) is 12.9. The fourth-order valence-corrected chi connectivity index (χ4v) is 5.28. The molecule has 15 heteroatoms. The molecule has 0 radical (unpaired) electrons. The van der Waals surface area contributed by atoms with Crippen molar-refractivity contribution in [2.75, 3.05) is 25.3 Å². The van der Waals surface area contributed by atoms with E-state index < -0.39 is 56.2 Å². The third-order valence-corrected chi connectivity index (χ3v) is 7.59. The lowest BCUT2D eigenvalue weighted by Gasteiger charge is -2.25. The van der Waals surface area contributed by atoms with Gasteiger partial charge in [-0.1, -0.05) is 31.5 Å². The Bertz CT molecular complexity index is 1220. The number of hydrogen-bond acceptors (Lipinski definition) is 11. The number of esters is 1. The number of aliphatic hydroxyl groups excluding tert-OH is 1. The van der Waals surface area contributed by atoms with Gasteiger partial charge in [0.2, 0.25) is 0 Å². The molecule has 1 saturated heterocycles. The molecule has 3 N–H and O–H groups in total. The topological polar surface area (TPSA) is 159 Å². The van der Waals surface area contributed by atoms with Gasteiger partial charge in [0, 0.05) is 6.20 Å². The van der Waals surface area contributed by atoms with Crippen molar-refractivity contribution in [3.8, 4) is 5.75 Å². The first-order chi connectivity index (χ1) is 19.0. The summed E-state index contributed by atoms with van der Waals surface area (Å²) in [4.78, 5) is 33.8. The van der Waals surface area contributed by atoms with E-state index >= 15 is 4.39 Å². The predicted molar refractivity (Wildman–Crippen MR) is 142 cm³/mol. The van der Waals surface area contributed by atoms with Crippen molar-refractivity contribution >= 4 is 19.5 Å². The van der Waals surface area contributed by atoms with Crippen LogP contribution in [0, 0.1) is 0 Å². The highest BCUT2D eigenvalue weighted by Gasteiger charge is 2.56. The van der Waals surface area contributed by atoms with Crippen LogP contribution in [0.25, 0.3) is 0 Å². The summed E-state index contributed by atoms with van der Waals surface area (Å²) in [5.41, 5.74) is -0.757. The summed E-state index contributed by atoms with van der Waals surface area (Å²) >= 11 is 0. The Kier molecular flexibility index (Phi) is 11.2. The second-order valence-electron chi connectivity index (χ2n) is 9.23. The molecule has 3 rings (SSSR count). The second kappa shape index (κ2) is 14.2. The standard InChI is InChI=1S/C25H36FN4O9P/c1-5-7-15-36-28-20-13-14-30(24(33)27-20)23-25(4,26)21(31)19(38-23)16-37-40(34,29-17(3)22(32)35-6-2)39-18-11-9-8-10-12-18/h8-14,17,19,21,23,31H,5-7,15-16H2,1-4H3,(H,29,34)(H,27,28,33)/t17-,19+,21?,23+,25+,40?/m0/s1. The van der Waals surface area contributed by atoms with E-state index in [0.717, 1.165) is 24.3 Å². The number of benzene rings is 1. The number of aliphatic hydroxyl groups is 1. The Morgan fingerprint density at radius 3 is 2.67 bits per heavy atom. The zero-order valence-electron chi connectivity index (χ0n) is 22.8. The highest BCUT2D eigenvalue weighted by atomic mass is 31.2. The number of nitrogens with one attached hydrogen (secondary N) is 2. The van der Waals surface area contributed by atoms with Crippen LogP contribution in [0.5, 0.6) is 5.75 Å². The van der Waals surface area contributed by atoms with Crippen LogP contribution in [0.3, 0.4) is 0 Å². The number of aromatic nitrogens is 2. The van der Waals surface area contributed by atoms with Gasteiger partial charge in [0.05, 0.1) is 19.8 Å². The number of carbonyl (C=O) groups excluding carboxylic acids is 1. The van der Waals surface area contributed by atoms with Gasteiger partial charge < -0.3 is 19.1 Å². The molecule has 1 aromatic carbocycles. The van der Waals surface area contributed by atoms with E-state index in [1.807, 2.05) is 6.92 Å². The Hall–Kier alpha value is -2.87. The van der Waals surface area contributed by atoms with Crippen molar-refractivity contribution in [3.05, 3.63) is 53.1 Å². The van der Waals surface area contributed by atoms with Crippen LogP contribution in [0.1, 0.15) is 46.8 Å². The number of para-hydroxylation sites is 1. The largest absolute Gasteiger partial charge is 0.465 e. The summed E-state index contributed by atoms with van der Waals surface area (Å²) in [6.45, 7) is 5.99. The lowest BCUT2D eigenvalue weighted by Crippen LogP contribution is -2.43. The third kappa shape index (κ3) is 8.09. The smallest absolute Gasteiger partial charge is 0.459 e. The molecule has 1 aromatic heterocycles. The molecule has 0 amide bonds. The average Bonchev–Trinajstić information content (AvgIpc) is 3.14. The van der Waals surface area contributed by atoms with E-state index in [9.17, 15) is 19.3 Å². The number of alkyl halides is 1. The molecule has 0 saturated carbocycles. The number of rotatable bonds is 15. The fourth-order valence-electron chi connectivity index (χ4n) is 3.78. The minimum atomic E-state index is -4.29. The molecular formula is C25H36FN4O9P. The summed E-state index contributed by atoms with van der Waals surface area (Å²) < 4.78 is 51.9. The molecule has 1 aliphatic rings. The minimum absolute atomic E-state index is 0.102. The van der Waals surface area contributed by atoms with Crippen molar-refractivity contribution in [1.82, 2.24) is 14.6 Å². The van der Waals surface area contributed by atoms with E-state index in [1.54, 1.807) is 25.1 Å². The van der Waals surface area contributed by atoms with Crippen LogP contribution >= 0.6 is 7.75 Å². The van der Waals surface area contributed by atoms with Crippen LogP contribution in [-0.4, -0.2) is 64.4 Å². The Balaban J connectivity index is 1.74. The van der Waals surface area contributed by atoms with Gasteiger partial charge in [-0.05, 0) is 45.4 Å². The molecule has 0 spiro atoms. The first kappa shape index (κ1) is 31.7. The predicted octanol–water partition coefficient (Wildman–Crippen LogP) is 3.12. The lowest BCUT2D eigenvalue weighted by molar-refractivity contribution is -0.144. The van der Waals surface area contributed by atoms with E-state index in [2.05, 4.69) is 15.6 Å². The summed E-state index contributed by atoms with van der Waals surface area (Å²) in [6, 6.07) is 8.35. The maximum Gasteiger partial charge on any atom is 0.459 e. The van der Waals surface area contributed by atoms with Crippen LogP contribution < -0.4 is 20.8 Å². The van der Waals surface area contributed by atoms with Gasteiger partial charge in [-0.2, -0.15) is 10.1 Å². The first-order valence-corrected chi connectivity index (χ1v) is 14.5. The van der Waals surface area contributed by atoms with Gasteiger partial charge >= 0.3 is 19.4 Å². The molecule has 6 atom stereocenters. The van der Waals surface area contributed by atoms with Crippen molar-refractivity contribution in [1.29, 1.82) is 0 Å². The van der Waals surface area contributed by atoms with E-state index in [1.165, 1.54) is 31.3 Å². The van der Waals surface area contributed by atoms with Crippen LogP contribution in [0.2, 0.25) is 0 Å². The fraction of sp³-hybridized carbons (Fsp3) is 0.560. The molecule has 1 fully saturated rings. The van der Waals surface area contributed by atoms with Gasteiger partial charge in [0.25, 0.3) is 0 Å². The van der Waals surface area contributed by atoms with E-state index in [4.69, 9.17) is 23.4 Å². The molecule has 1 aliphatic heterocycles. The molecule has 13 nitrogen and oxygen atoms in total. The molecule has 2 aromatic rings. The van der Waals surface area contributed by atoms with Crippen molar-refractivity contribution in [2.24, 2.45) is 0 Å². The maximum atomic E-state index is 15.7. The van der Waals surface area contributed by atoms with Gasteiger partial charge in [0.15, 0.2) is 17.7 Å². The zero-order chi connectivity index (χ0) is 29.3. The number of carbonyl (C=O) groups is 1. The number of nitrogens with zero attached hydrogens (tertiary/aromatic N) is 2. The number of ether oxygens (including phenoxy) is 2. The number of unbranched alkanes of at least 4 members (excludes halogenated alkanes) is 1. The minimum Gasteiger partial charge on any atom is -0.465 e. The molecule has 0 aliphatic carbocycles. The lowest BCUT2D eigenvalue weighted by atomic mass is 9.98. The summed E-state index contributed by atoms with van der Waals surface area (Å²) in [7, 11) is -4.29. The maximum absolute atomic E-state index is 15.7. The molecular weight excluding hydrogens is 550 g/mol. The summed E-state index contributed by atoms with van der Waals surface area (Å²) in [5, 5.41) is 13.2. The van der Waals surface area contributed by atoms with Crippen LogP contribution in [0.15, 0.2) is 47.4 Å². The van der Waals surface area contributed by atoms with Gasteiger partial charge in [0.1, 0.15) is 24.0 Å². The molecule has 0 bridgehead atoms. The Morgan fingerprint density at radius 1 is 1.30 bits per heavy atom. The molecule has 2 unspecified atom stereocenters. The molecule has 40 heavy (non-hydrogen) atoms. The third-order valence-electron chi connectivity index (χ3n) is 5.95. The Labute approximate surface area is 231 Å². The van der Waals surface area contributed by atoms with Gasteiger partial charge in [-0.3, -0.25) is 18.7 Å². The number of hydrogen-bond donors (Lipinski definition) is 3. The second-order valence-corrected chi connectivity index (χ2v) is 10.9. The van der Waals surface area contributed by atoms with Crippen LogP contribution in [0.4, 0.5) is 10.2 Å². The number of halogens is 1. The van der Waals surface area contributed by atoms with Crippen molar-refractivity contribution in [3.63, 3.8) is 0 Å². The van der Waals surface area contributed by atoms with Crippen molar-refractivity contribution < 1.29 is 42.2 Å². The van der Waals surface area contributed by atoms with E-state index in [-0.39, 0.29) is 18.2 Å². The van der Waals surface area contributed by atoms with E-state index in [0.29, 0.717) is 6.61 Å². The Morgan fingerprint density at radius 2 is 2.02 bits per heavy atom. The highest BCUT2D eigenvalue weighted by molar-refractivity contribution is 7.52. The normalized spacial score (nSPS) is 24.7. The van der Waals surface area contributed by atoms with Crippen LogP contribution in [-0.2, 0) is 28.2 Å². The monoisotopic (exact) mass is 586 g/mol. The summed E-state index contributed by atoms with van der Waals surface area (Å²) in [5.74, 6) is -0.408.